The monoisotopic (exact) mass is 346 g/mol. The molecule has 2 nitrogen and oxygen atoms in total. The summed E-state index contributed by atoms with van der Waals surface area (Å²) in [7, 11) is 0. The number of hydrogen-bond acceptors (Lipinski definition) is 1. The number of rotatable bonds is 16. The number of unbranched alkanes of at least 4 members (excludes halogenated alkanes) is 12. The van der Waals surface area contributed by atoms with Gasteiger partial charge in [0.15, 0.2) is 0 Å². The molecule has 0 radical (unpaired) electrons. The van der Waals surface area contributed by atoms with Crippen LogP contribution in [0.1, 0.15) is 108 Å². The second-order valence-electron chi connectivity index (χ2n) is 7.33. The van der Waals surface area contributed by atoms with Crippen LogP contribution in [-0.4, -0.2) is 11.1 Å². The average molecular weight is 347 g/mol. The molecule has 0 heterocycles. The predicted molar refractivity (Wildman–Crippen MR) is 107 cm³/mol. The van der Waals surface area contributed by atoms with Crippen LogP contribution >= 0.6 is 0 Å². The Hall–Kier alpha value is -1.31. The molecule has 2 heteroatoms. The Bertz CT molecular complexity index is 427. The Kier molecular flexibility index (Phi) is 13.0. The first-order valence-corrected chi connectivity index (χ1v) is 10.5. The number of carbonyl (C=O) groups is 1. The number of benzene rings is 1. The van der Waals surface area contributed by atoms with E-state index in [1.165, 1.54) is 70.6 Å². The number of carboxylic acid groups (broad SMARTS) is 1. The lowest BCUT2D eigenvalue weighted by molar-refractivity contribution is -0.139. The fraction of sp³-hybridized carbons (Fsp3) is 0.696. The highest BCUT2D eigenvalue weighted by molar-refractivity contribution is 5.75. The van der Waals surface area contributed by atoms with Gasteiger partial charge in [0.1, 0.15) is 0 Å². The van der Waals surface area contributed by atoms with Crippen LogP contribution < -0.4 is 0 Å². The van der Waals surface area contributed by atoms with Crippen molar-refractivity contribution in [1.29, 1.82) is 0 Å². The molecule has 0 amide bonds. The van der Waals surface area contributed by atoms with Gasteiger partial charge in [-0.1, -0.05) is 121 Å². The first-order valence-electron chi connectivity index (χ1n) is 10.5. The van der Waals surface area contributed by atoms with Crippen molar-refractivity contribution in [1.82, 2.24) is 0 Å². The first-order chi connectivity index (χ1) is 12.3. The molecular weight excluding hydrogens is 308 g/mol. The lowest BCUT2D eigenvalue weighted by atomic mass is 9.93. The number of aliphatic carboxylic acids is 1. The van der Waals surface area contributed by atoms with Gasteiger partial charge in [0.2, 0.25) is 0 Å². The second-order valence-corrected chi connectivity index (χ2v) is 7.33. The van der Waals surface area contributed by atoms with Crippen LogP contribution in [0.25, 0.3) is 0 Å². The molecule has 1 aromatic carbocycles. The van der Waals surface area contributed by atoms with Crippen molar-refractivity contribution in [2.75, 3.05) is 0 Å². The van der Waals surface area contributed by atoms with E-state index in [9.17, 15) is 9.90 Å². The quantitative estimate of drug-likeness (QED) is 0.318. The highest BCUT2D eigenvalue weighted by Gasteiger charge is 2.18. The van der Waals surface area contributed by atoms with Crippen molar-refractivity contribution < 1.29 is 9.90 Å². The van der Waals surface area contributed by atoms with E-state index in [1.54, 1.807) is 0 Å². The average Bonchev–Trinajstić information content (AvgIpc) is 2.62. The van der Waals surface area contributed by atoms with E-state index in [2.05, 4.69) is 6.92 Å². The van der Waals surface area contributed by atoms with Gasteiger partial charge < -0.3 is 5.11 Å². The fourth-order valence-corrected chi connectivity index (χ4v) is 3.48. The van der Waals surface area contributed by atoms with Gasteiger partial charge in [0, 0.05) is 0 Å². The number of carboxylic acids is 1. The lowest BCUT2D eigenvalue weighted by Crippen LogP contribution is -2.11. The van der Waals surface area contributed by atoms with Gasteiger partial charge in [-0.25, -0.2) is 0 Å². The van der Waals surface area contributed by atoms with Gasteiger partial charge in [-0.15, -0.1) is 0 Å². The summed E-state index contributed by atoms with van der Waals surface area (Å²) < 4.78 is 0. The molecule has 0 aliphatic carbocycles. The van der Waals surface area contributed by atoms with Gasteiger partial charge in [0.25, 0.3) is 0 Å². The maximum atomic E-state index is 11.4. The van der Waals surface area contributed by atoms with Crippen LogP contribution in [0.5, 0.6) is 0 Å². The largest absolute Gasteiger partial charge is 0.481 e. The van der Waals surface area contributed by atoms with E-state index in [1.807, 2.05) is 30.3 Å². The molecule has 0 spiro atoms. The molecule has 0 saturated heterocycles. The summed E-state index contributed by atoms with van der Waals surface area (Å²) in [6, 6.07) is 9.65. The highest BCUT2D eigenvalue weighted by Crippen LogP contribution is 2.23. The standard InChI is InChI=1S/C23H38O2/c1-2-3-4-5-6-7-8-9-10-11-12-13-17-20-22(23(24)25)21-18-15-14-16-19-21/h14-16,18-19,22H,2-13,17,20H2,1H3,(H,24,25). The SMILES string of the molecule is CCCCCCCCCCCCCCCC(C(=O)O)c1ccccc1. The third-order valence-electron chi connectivity index (χ3n) is 5.10. The zero-order valence-corrected chi connectivity index (χ0v) is 16.2. The normalized spacial score (nSPS) is 12.2. The van der Waals surface area contributed by atoms with E-state index in [4.69, 9.17) is 0 Å². The first kappa shape index (κ1) is 21.7. The lowest BCUT2D eigenvalue weighted by Gasteiger charge is -2.12. The molecular formula is C23H38O2. The van der Waals surface area contributed by atoms with E-state index in [0.717, 1.165) is 24.8 Å². The molecule has 25 heavy (non-hydrogen) atoms. The molecule has 0 saturated carbocycles. The van der Waals surface area contributed by atoms with Crippen LogP contribution in [0, 0.1) is 0 Å². The highest BCUT2D eigenvalue weighted by atomic mass is 16.4. The Morgan fingerprint density at radius 3 is 1.64 bits per heavy atom. The van der Waals surface area contributed by atoms with Crippen LogP contribution in [0.2, 0.25) is 0 Å². The Balaban J connectivity index is 1.96. The van der Waals surface area contributed by atoms with Crippen molar-refractivity contribution >= 4 is 5.97 Å². The van der Waals surface area contributed by atoms with Crippen molar-refractivity contribution in [2.45, 2.75) is 103 Å². The molecule has 1 N–H and O–H groups in total. The second kappa shape index (κ2) is 15.0. The molecule has 0 aliphatic heterocycles. The Morgan fingerprint density at radius 1 is 0.760 bits per heavy atom. The molecule has 1 unspecified atom stereocenters. The van der Waals surface area contributed by atoms with Crippen LogP contribution in [0.3, 0.4) is 0 Å². The van der Waals surface area contributed by atoms with Crippen LogP contribution in [-0.2, 0) is 4.79 Å². The third kappa shape index (κ3) is 11.0. The minimum atomic E-state index is -0.690. The summed E-state index contributed by atoms with van der Waals surface area (Å²) in [5.74, 6) is -1.03. The summed E-state index contributed by atoms with van der Waals surface area (Å²) in [6.07, 6.45) is 18.0. The summed E-state index contributed by atoms with van der Waals surface area (Å²) in [4.78, 5) is 11.4. The maximum Gasteiger partial charge on any atom is 0.310 e. The van der Waals surface area contributed by atoms with Gasteiger partial charge in [-0.3, -0.25) is 4.79 Å². The molecule has 1 atom stereocenters. The predicted octanol–water partition coefficient (Wildman–Crippen LogP) is 7.34. The van der Waals surface area contributed by atoms with Crippen LogP contribution in [0.4, 0.5) is 0 Å². The van der Waals surface area contributed by atoms with E-state index in [0.29, 0.717) is 0 Å². The van der Waals surface area contributed by atoms with Gasteiger partial charge >= 0.3 is 5.97 Å². The van der Waals surface area contributed by atoms with E-state index in [-0.39, 0.29) is 5.92 Å². The molecule has 0 aromatic heterocycles. The minimum Gasteiger partial charge on any atom is -0.481 e. The molecule has 0 fully saturated rings. The minimum absolute atomic E-state index is 0.339. The molecule has 1 rings (SSSR count). The maximum absolute atomic E-state index is 11.4. The fourth-order valence-electron chi connectivity index (χ4n) is 3.48. The molecule has 0 bridgehead atoms. The molecule has 1 aromatic rings. The number of hydrogen-bond donors (Lipinski definition) is 1. The van der Waals surface area contributed by atoms with Crippen molar-refractivity contribution in [3.63, 3.8) is 0 Å². The summed E-state index contributed by atoms with van der Waals surface area (Å²) in [5.41, 5.74) is 0.939. The topological polar surface area (TPSA) is 37.3 Å². The van der Waals surface area contributed by atoms with E-state index < -0.39 is 5.97 Å². The zero-order chi connectivity index (χ0) is 18.2. The third-order valence-corrected chi connectivity index (χ3v) is 5.10. The van der Waals surface area contributed by atoms with Gasteiger partial charge in [-0.2, -0.15) is 0 Å². The molecule has 142 valence electrons. The summed E-state index contributed by atoms with van der Waals surface area (Å²) in [5, 5.41) is 9.42. The van der Waals surface area contributed by atoms with E-state index >= 15 is 0 Å². The summed E-state index contributed by atoms with van der Waals surface area (Å²) in [6.45, 7) is 2.27. The summed E-state index contributed by atoms with van der Waals surface area (Å²) >= 11 is 0. The smallest absolute Gasteiger partial charge is 0.310 e. The van der Waals surface area contributed by atoms with Crippen molar-refractivity contribution in [2.24, 2.45) is 0 Å². The Labute approximate surface area is 155 Å². The van der Waals surface area contributed by atoms with Crippen molar-refractivity contribution in [3.05, 3.63) is 35.9 Å². The van der Waals surface area contributed by atoms with Crippen molar-refractivity contribution in [3.8, 4) is 0 Å². The Morgan fingerprint density at radius 2 is 1.20 bits per heavy atom. The van der Waals surface area contributed by atoms with Gasteiger partial charge in [0.05, 0.1) is 5.92 Å². The van der Waals surface area contributed by atoms with Gasteiger partial charge in [-0.05, 0) is 12.0 Å². The van der Waals surface area contributed by atoms with Crippen LogP contribution in [0.15, 0.2) is 30.3 Å². The zero-order valence-electron chi connectivity index (χ0n) is 16.2. The molecule has 0 aliphatic rings.